The lowest BCUT2D eigenvalue weighted by atomic mass is 10.1. The molecule has 0 fully saturated rings. The lowest BCUT2D eigenvalue weighted by Crippen LogP contribution is -2.18. The van der Waals surface area contributed by atoms with Crippen LogP contribution in [0.2, 0.25) is 0 Å². The first-order valence-corrected chi connectivity index (χ1v) is 5.02. The third kappa shape index (κ3) is 2.68. The van der Waals surface area contributed by atoms with E-state index in [1.165, 1.54) is 6.07 Å². The van der Waals surface area contributed by atoms with E-state index in [4.69, 9.17) is 0 Å². The maximum atomic E-state index is 11.6. The molecule has 4 nitrogen and oxygen atoms in total. The van der Waals surface area contributed by atoms with Crippen molar-refractivity contribution < 1.29 is 9.90 Å². The molecule has 0 saturated carbocycles. The second kappa shape index (κ2) is 4.77. The maximum Gasteiger partial charge on any atom is 0.262 e. The minimum absolute atomic E-state index is 0.117. The molecule has 0 amide bonds. The van der Waals surface area contributed by atoms with Crippen LogP contribution in [0, 0.1) is 6.92 Å². The van der Waals surface area contributed by atoms with Crippen LogP contribution in [0.4, 0.5) is 0 Å². The van der Waals surface area contributed by atoms with Crippen molar-refractivity contribution in [1.29, 1.82) is 0 Å². The van der Waals surface area contributed by atoms with Crippen molar-refractivity contribution in [3.8, 4) is 5.75 Å². The van der Waals surface area contributed by atoms with E-state index in [0.717, 1.165) is 12.8 Å². The number of aromatic nitrogens is 1. The average Bonchev–Trinajstić information content (AvgIpc) is 2.12. The Labute approximate surface area is 88.0 Å². The Bertz CT molecular complexity index is 420. The van der Waals surface area contributed by atoms with E-state index in [1.807, 2.05) is 6.92 Å². The van der Waals surface area contributed by atoms with Gasteiger partial charge in [-0.15, -0.1) is 0 Å². The molecule has 1 aromatic heterocycles. The number of rotatable bonds is 4. The molecule has 15 heavy (non-hydrogen) atoms. The van der Waals surface area contributed by atoms with Crippen molar-refractivity contribution in [2.75, 3.05) is 0 Å². The van der Waals surface area contributed by atoms with Crippen LogP contribution < -0.4 is 5.56 Å². The van der Waals surface area contributed by atoms with Crippen LogP contribution >= 0.6 is 0 Å². The van der Waals surface area contributed by atoms with Gasteiger partial charge in [-0.25, -0.2) is 0 Å². The average molecular weight is 209 g/mol. The van der Waals surface area contributed by atoms with Gasteiger partial charge >= 0.3 is 0 Å². The predicted octanol–water partition coefficient (Wildman–Crippen LogP) is 1.76. The van der Waals surface area contributed by atoms with E-state index in [-0.39, 0.29) is 17.1 Å². The van der Waals surface area contributed by atoms with Crippen molar-refractivity contribution in [1.82, 2.24) is 4.98 Å². The van der Waals surface area contributed by atoms with Crippen molar-refractivity contribution >= 4 is 5.78 Å². The number of carbonyl (C=O) groups excluding carboxylic acids is 1. The van der Waals surface area contributed by atoms with E-state index in [9.17, 15) is 14.7 Å². The van der Waals surface area contributed by atoms with Gasteiger partial charge in [0.05, 0.1) is 0 Å². The molecule has 1 heterocycles. The quantitative estimate of drug-likeness (QED) is 0.742. The second-order valence-corrected chi connectivity index (χ2v) is 3.57. The molecule has 0 spiro atoms. The van der Waals surface area contributed by atoms with Gasteiger partial charge in [0.15, 0.2) is 5.78 Å². The van der Waals surface area contributed by atoms with E-state index in [0.29, 0.717) is 12.1 Å². The van der Waals surface area contributed by atoms with Gasteiger partial charge in [-0.1, -0.05) is 13.3 Å². The predicted molar refractivity (Wildman–Crippen MR) is 57.3 cm³/mol. The molecular formula is C11H15NO3. The molecule has 0 bridgehead atoms. The van der Waals surface area contributed by atoms with Gasteiger partial charge in [-0.3, -0.25) is 9.59 Å². The molecule has 4 heteroatoms. The van der Waals surface area contributed by atoms with Gasteiger partial charge < -0.3 is 10.1 Å². The summed E-state index contributed by atoms with van der Waals surface area (Å²) in [7, 11) is 0. The van der Waals surface area contributed by atoms with Crippen molar-refractivity contribution in [3.05, 3.63) is 27.7 Å². The van der Waals surface area contributed by atoms with Gasteiger partial charge in [0.1, 0.15) is 11.3 Å². The summed E-state index contributed by atoms with van der Waals surface area (Å²) in [6.45, 7) is 3.62. The van der Waals surface area contributed by atoms with Crippen LogP contribution in [0.5, 0.6) is 5.75 Å². The van der Waals surface area contributed by atoms with E-state index >= 15 is 0 Å². The van der Waals surface area contributed by atoms with Crippen LogP contribution in [-0.4, -0.2) is 15.9 Å². The molecule has 0 saturated heterocycles. The molecule has 0 aliphatic rings. The molecule has 1 aromatic rings. The normalized spacial score (nSPS) is 10.3. The van der Waals surface area contributed by atoms with E-state index in [2.05, 4.69) is 4.98 Å². The first-order chi connectivity index (χ1) is 7.06. The lowest BCUT2D eigenvalue weighted by molar-refractivity contribution is 0.0975. The zero-order chi connectivity index (χ0) is 11.4. The third-order valence-electron chi connectivity index (χ3n) is 2.18. The molecule has 0 radical (unpaired) electrons. The Morgan fingerprint density at radius 3 is 2.73 bits per heavy atom. The number of H-pyrrole nitrogens is 1. The molecule has 0 unspecified atom stereocenters. The summed E-state index contributed by atoms with van der Waals surface area (Å²) in [6.07, 6.45) is 1.91. The fraction of sp³-hybridized carbons (Fsp3) is 0.455. The number of unbranched alkanes of at least 4 members (excludes halogenated alkanes) is 1. The molecule has 82 valence electrons. The number of ketones is 1. The zero-order valence-corrected chi connectivity index (χ0v) is 8.96. The van der Waals surface area contributed by atoms with Crippen LogP contribution in [0.25, 0.3) is 0 Å². The topological polar surface area (TPSA) is 70.2 Å². The number of nitrogens with one attached hydrogen (secondary N) is 1. The Morgan fingerprint density at radius 1 is 1.53 bits per heavy atom. The maximum absolute atomic E-state index is 11.6. The number of pyridine rings is 1. The Kier molecular flexibility index (Phi) is 3.66. The highest BCUT2D eigenvalue weighted by atomic mass is 16.3. The summed E-state index contributed by atoms with van der Waals surface area (Å²) >= 11 is 0. The number of aryl methyl sites for hydroxylation is 1. The minimum Gasteiger partial charge on any atom is -0.507 e. The summed E-state index contributed by atoms with van der Waals surface area (Å²) < 4.78 is 0. The molecule has 1 rings (SSSR count). The first-order valence-electron chi connectivity index (χ1n) is 5.02. The van der Waals surface area contributed by atoms with Crippen molar-refractivity contribution in [2.24, 2.45) is 0 Å². The fourth-order valence-electron chi connectivity index (χ4n) is 1.40. The standard InChI is InChI=1S/C11H15NO3/c1-3-4-5-8(13)10-9(14)6-7(2)12-11(10)15/h6H,3-5H2,1-2H3,(H2,12,14,15). The van der Waals surface area contributed by atoms with Gasteiger partial charge in [-0.05, 0) is 19.4 Å². The van der Waals surface area contributed by atoms with Crippen LogP contribution in [0.15, 0.2) is 10.9 Å². The number of aromatic hydroxyl groups is 1. The van der Waals surface area contributed by atoms with Crippen LogP contribution in [-0.2, 0) is 0 Å². The highest BCUT2D eigenvalue weighted by Crippen LogP contribution is 2.15. The summed E-state index contributed by atoms with van der Waals surface area (Å²) in [5.41, 5.74) is -0.0767. The summed E-state index contributed by atoms with van der Waals surface area (Å²) in [4.78, 5) is 25.5. The van der Waals surface area contributed by atoms with Gasteiger partial charge in [0.25, 0.3) is 5.56 Å². The second-order valence-electron chi connectivity index (χ2n) is 3.57. The monoisotopic (exact) mass is 209 g/mol. The summed E-state index contributed by atoms with van der Waals surface area (Å²) in [5.74, 6) is -0.520. The molecule has 0 atom stereocenters. The largest absolute Gasteiger partial charge is 0.507 e. The highest BCUT2D eigenvalue weighted by Gasteiger charge is 2.15. The SMILES string of the molecule is CCCCC(=O)c1c(O)cc(C)[nH]c1=O. The van der Waals surface area contributed by atoms with Crippen LogP contribution in [0.3, 0.4) is 0 Å². The zero-order valence-electron chi connectivity index (χ0n) is 8.96. The molecule has 0 aliphatic carbocycles. The fourth-order valence-corrected chi connectivity index (χ4v) is 1.40. The Balaban J connectivity index is 3.04. The van der Waals surface area contributed by atoms with E-state index < -0.39 is 5.56 Å². The smallest absolute Gasteiger partial charge is 0.262 e. The summed E-state index contributed by atoms with van der Waals surface area (Å²) in [5, 5.41) is 9.50. The lowest BCUT2D eigenvalue weighted by Gasteiger charge is -2.03. The molecular weight excluding hydrogens is 194 g/mol. The van der Waals surface area contributed by atoms with E-state index in [1.54, 1.807) is 6.92 Å². The van der Waals surface area contributed by atoms with Gasteiger partial charge in [-0.2, -0.15) is 0 Å². The minimum atomic E-state index is -0.506. The number of Topliss-reactive ketones (excluding diaryl/α,β-unsaturated/α-hetero) is 1. The number of hydrogen-bond acceptors (Lipinski definition) is 3. The number of carbonyl (C=O) groups is 1. The van der Waals surface area contributed by atoms with Crippen LogP contribution in [0.1, 0.15) is 42.2 Å². The molecule has 0 aromatic carbocycles. The Morgan fingerprint density at radius 2 is 2.20 bits per heavy atom. The number of aromatic amines is 1. The third-order valence-corrected chi connectivity index (χ3v) is 2.18. The number of hydrogen-bond donors (Lipinski definition) is 2. The highest BCUT2D eigenvalue weighted by molar-refractivity contribution is 5.98. The van der Waals surface area contributed by atoms with Crippen molar-refractivity contribution in [3.63, 3.8) is 0 Å². The van der Waals surface area contributed by atoms with Gasteiger partial charge in [0, 0.05) is 12.1 Å². The Hall–Kier alpha value is -1.58. The molecule has 2 N–H and O–H groups in total. The van der Waals surface area contributed by atoms with Gasteiger partial charge in [0.2, 0.25) is 0 Å². The van der Waals surface area contributed by atoms with Crippen molar-refractivity contribution in [2.45, 2.75) is 33.1 Å². The molecule has 0 aliphatic heterocycles. The summed E-state index contributed by atoms with van der Waals surface area (Å²) in [6, 6.07) is 1.39. The first kappa shape index (κ1) is 11.5.